The van der Waals surface area contributed by atoms with E-state index in [2.05, 4.69) is 28.9 Å². The number of pyridine rings is 1. The summed E-state index contributed by atoms with van der Waals surface area (Å²) in [6, 6.07) is 18.1. The summed E-state index contributed by atoms with van der Waals surface area (Å²) < 4.78 is 34.9. The van der Waals surface area contributed by atoms with E-state index in [9.17, 15) is 13.9 Å². The number of allylic oxidation sites excluding steroid dienone is 2. The quantitative estimate of drug-likeness (QED) is 0.304. The molecule has 0 fully saturated rings. The second kappa shape index (κ2) is 12.8. The van der Waals surface area contributed by atoms with Crippen molar-refractivity contribution in [1.82, 2.24) is 10.3 Å². The van der Waals surface area contributed by atoms with Gasteiger partial charge >= 0.3 is 6.61 Å². The zero-order valence-corrected chi connectivity index (χ0v) is 21.0. The van der Waals surface area contributed by atoms with Gasteiger partial charge in [0, 0.05) is 28.7 Å². The second-order valence-corrected chi connectivity index (χ2v) is 8.36. The van der Waals surface area contributed by atoms with Crippen LogP contribution in [0, 0.1) is 0 Å². The summed E-state index contributed by atoms with van der Waals surface area (Å²) in [6.45, 7) is 5.14. The molecule has 0 radical (unpaired) electrons. The van der Waals surface area contributed by atoms with Crippen molar-refractivity contribution < 1.29 is 23.4 Å². The molecule has 2 aromatic carbocycles. The number of aliphatic hydroxyl groups is 1. The molecule has 190 valence electrons. The number of halogens is 2. The number of nitrogens with zero attached hydrogens (tertiary/aromatic N) is 1. The Labute approximate surface area is 211 Å². The highest BCUT2D eigenvalue weighted by Crippen LogP contribution is 2.26. The van der Waals surface area contributed by atoms with Gasteiger partial charge in [0.2, 0.25) is 0 Å². The maximum absolute atomic E-state index is 12.5. The third kappa shape index (κ3) is 7.39. The molecule has 7 heteroatoms. The molecule has 0 aliphatic rings. The van der Waals surface area contributed by atoms with E-state index in [1.165, 1.54) is 12.1 Å². The molecule has 1 atom stereocenters. The SMILES string of the molecule is C/C=C(\N/C(=C(\C)CC)c1ccc(-c2ccc(OCC(C)O)cc2)nc1)c1ccc(OC(F)F)cc1. The van der Waals surface area contributed by atoms with Crippen molar-refractivity contribution in [2.75, 3.05) is 6.61 Å². The fourth-order valence-electron chi connectivity index (χ4n) is 3.51. The van der Waals surface area contributed by atoms with Gasteiger partial charge in [0.1, 0.15) is 18.1 Å². The molecule has 0 aliphatic carbocycles. The van der Waals surface area contributed by atoms with Crippen LogP contribution in [0.15, 0.2) is 78.5 Å². The van der Waals surface area contributed by atoms with Gasteiger partial charge < -0.3 is 19.9 Å². The Balaban J connectivity index is 1.79. The molecule has 0 bridgehead atoms. The molecule has 0 aliphatic heterocycles. The third-order valence-electron chi connectivity index (χ3n) is 5.59. The minimum absolute atomic E-state index is 0.118. The van der Waals surface area contributed by atoms with Crippen molar-refractivity contribution in [3.63, 3.8) is 0 Å². The van der Waals surface area contributed by atoms with Gasteiger partial charge in [-0.2, -0.15) is 8.78 Å². The van der Waals surface area contributed by atoms with Gasteiger partial charge in [-0.05, 0) is 99.0 Å². The average molecular weight is 495 g/mol. The molecule has 0 spiro atoms. The van der Waals surface area contributed by atoms with Gasteiger partial charge in [0.05, 0.1) is 11.8 Å². The third-order valence-corrected chi connectivity index (χ3v) is 5.59. The normalized spacial score (nSPS) is 13.3. The van der Waals surface area contributed by atoms with E-state index < -0.39 is 12.7 Å². The Morgan fingerprint density at radius 1 is 1.00 bits per heavy atom. The van der Waals surface area contributed by atoms with Crippen LogP contribution in [-0.2, 0) is 0 Å². The predicted molar refractivity (Wildman–Crippen MR) is 140 cm³/mol. The minimum Gasteiger partial charge on any atom is -0.491 e. The van der Waals surface area contributed by atoms with Crippen molar-refractivity contribution in [1.29, 1.82) is 0 Å². The number of benzene rings is 2. The number of hydrogen-bond acceptors (Lipinski definition) is 5. The summed E-state index contributed by atoms with van der Waals surface area (Å²) >= 11 is 0. The molecule has 0 saturated heterocycles. The van der Waals surface area contributed by atoms with Crippen LogP contribution in [0.3, 0.4) is 0 Å². The van der Waals surface area contributed by atoms with Crippen LogP contribution < -0.4 is 14.8 Å². The van der Waals surface area contributed by atoms with Crippen molar-refractivity contribution >= 4 is 11.4 Å². The molecule has 36 heavy (non-hydrogen) atoms. The van der Waals surface area contributed by atoms with Gasteiger partial charge in [-0.1, -0.05) is 13.0 Å². The van der Waals surface area contributed by atoms with E-state index in [0.717, 1.165) is 45.8 Å². The molecule has 1 aromatic heterocycles. The van der Waals surface area contributed by atoms with Gasteiger partial charge in [-0.25, -0.2) is 0 Å². The van der Waals surface area contributed by atoms with Crippen molar-refractivity contribution in [3.8, 4) is 22.8 Å². The lowest BCUT2D eigenvalue weighted by atomic mass is 10.0. The van der Waals surface area contributed by atoms with Crippen LogP contribution in [0.1, 0.15) is 45.2 Å². The number of alkyl halides is 2. The largest absolute Gasteiger partial charge is 0.491 e. The van der Waals surface area contributed by atoms with E-state index in [1.807, 2.05) is 55.6 Å². The van der Waals surface area contributed by atoms with E-state index in [0.29, 0.717) is 5.75 Å². The summed E-state index contributed by atoms with van der Waals surface area (Å²) in [5.74, 6) is 0.809. The Hall–Kier alpha value is -3.71. The highest BCUT2D eigenvalue weighted by atomic mass is 19.3. The molecular formula is C29H32F2N2O3. The fourth-order valence-corrected chi connectivity index (χ4v) is 3.51. The first kappa shape index (κ1) is 26.9. The standard InChI is InChI=1S/C29H32F2N2O3/c1-5-19(3)28(33-26(6-2)21-9-14-25(15-10-21)36-29(30)31)23-11-16-27(32-17-23)22-7-12-24(13-8-22)35-18-20(4)34/h6-17,20,29,33-34H,5,18H2,1-4H3/b26-6-,28-19+. The first-order valence-corrected chi connectivity index (χ1v) is 11.9. The Morgan fingerprint density at radius 2 is 1.64 bits per heavy atom. The number of hydrogen-bond donors (Lipinski definition) is 2. The lowest BCUT2D eigenvalue weighted by Crippen LogP contribution is -2.13. The number of aromatic nitrogens is 1. The van der Waals surface area contributed by atoms with Crippen LogP contribution >= 0.6 is 0 Å². The smallest absolute Gasteiger partial charge is 0.387 e. The highest BCUT2D eigenvalue weighted by Gasteiger charge is 2.11. The number of ether oxygens (including phenoxy) is 2. The Morgan fingerprint density at radius 3 is 2.17 bits per heavy atom. The molecule has 3 aromatic rings. The molecule has 1 unspecified atom stereocenters. The summed E-state index contributed by atoms with van der Waals surface area (Å²) in [5, 5.41) is 12.9. The van der Waals surface area contributed by atoms with Crippen LogP contribution in [0.25, 0.3) is 22.7 Å². The number of aliphatic hydroxyl groups excluding tert-OH is 1. The first-order chi connectivity index (χ1) is 17.3. The predicted octanol–water partition coefficient (Wildman–Crippen LogP) is 6.90. The summed E-state index contributed by atoms with van der Waals surface area (Å²) in [5.41, 5.74) is 6.51. The molecule has 1 heterocycles. The summed E-state index contributed by atoms with van der Waals surface area (Å²) in [7, 11) is 0. The maximum Gasteiger partial charge on any atom is 0.387 e. The molecule has 0 amide bonds. The van der Waals surface area contributed by atoms with Crippen LogP contribution in [0.5, 0.6) is 11.5 Å². The molecule has 2 N–H and O–H groups in total. The average Bonchev–Trinajstić information content (AvgIpc) is 2.88. The molecular weight excluding hydrogens is 462 g/mol. The van der Waals surface area contributed by atoms with Crippen molar-refractivity contribution in [2.45, 2.75) is 46.8 Å². The van der Waals surface area contributed by atoms with Crippen LogP contribution in [0.4, 0.5) is 8.78 Å². The Bertz CT molecular complexity index is 1170. The summed E-state index contributed by atoms with van der Waals surface area (Å²) in [4.78, 5) is 4.67. The summed E-state index contributed by atoms with van der Waals surface area (Å²) in [6.07, 6.45) is 4.09. The van der Waals surface area contributed by atoms with Crippen LogP contribution in [-0.4, -0.2) is 29.4 Å². The number of rotatable bonds is 11. The van der Waals surface area contributed by atoms with E-state index in [1.54, 1.807) is 19.1 Å². The Kier molecular flexibility index (Phi) is 9.59. The van der Waals surface area contributed by atoms with E-state index in [-0.39, 0.29) is 12.4 Å². The van der Waals surface area contributed by atoms with Gasteiger partial charge in [0.25, 0.3) is 0 Å². The minimum atomic E-state index is -2.85. The molecule has 3 rings (SSSR count). The van der Waals surface area contributed by atoms with Crippen molar-refractivity contribution in [2.24, 2.45) is 0 Å². The first-order valence-electron chi connectivity index (χ1n) is 11.9. The maximum atomic E-state index is 12.5. The zero-order valence-electron chi connectivity index (χ0n) is 21.0. The lowest BCUT2D eigenvalue weighted by molar-refractivity contribution is -0.0498. The van der Waals surface area contributed by atoms with E-state index in [4.69, 9.17) is 4.74 Å². The van der Waals surface area contributed by atoms with Gasteiger partial charge in [0.15, 0.2) is 0 Å². The molecule has 0 saturated carbocycles. The fraction of sp³-hybridized carbons (Fsp3) is 0.276. The molecule has 5 nitrogen and oxygen atoms in total. The van der Waals surface area contributed by atoms with Crippen molar-refractivity contribution in [3.05, 3.63) is 89.6 Å². The van der Waals surface area contributed by atoms with E-state index >= 15 is 0 Å². The zero-order chi connectivity index (χ0) is 26.1. The lowest BCUT2D eigenvalue weighted by Gasteiger charge is -2.18. The van der Waals surface area contributed by atoms with Gasteiger partial charge in [-0.15, -0.1) is 0 Å². The topological polar surface area (TPSA) is 63.6 Å². The number of nitrogens with one attached hydrogen (secondary N) is 1. The van der Waals surface area contributed by atoms with Gasteiger partial charge in [-0.3, -0.25) is 4.98 Å². The highest BCUT2D eigenvalue weighted by molar-refractivity contribution is 5.78. The second-order valence-electron chi connectivity index (χ2n) is 8.36. The monoisotopic (exact) mass is 494 g/mol. The van der Waals surface area contributed by atoms with Crippen LogP contribution in [0.2, 0.25) is 0 Å².